The van der Waals surface area contributed by atoms with Crippen molar-refractivity contribution in [3.63, 3.8) is 0 Å². The molecule has 0 unspecified atom stereocenters. The molecule has 0 aromatic carbocycles. The molecule has 5 heteroatoms. The zero-order chi connectivity index (χ0) is 8.15. The van der Waals surface area contributed by atoms with E-state index < -0.39 is 18.1 Å². The average Bonchev–Trinajstić information content (AvgIpc) is 1.81. The van der Waals surface area contributed by atoms with Crippen LogP contribution in [0, 0.1) is 0 Å². The van der Waals surface area contributed by atoms with E-state index in [1.54, 1.807) is 0 Å². The fourth-order valence-electron chi connectivity index (χ4n) is 0.493. The van der Waals surface area contributed by atoms with Crippen LogP contribution >= 0.6 is 0 Å². The summed E-state index contributed by atoms with van der Waals surface area (Å²) in [6, 6.07) is -1.04. The number of amides is 2. The largest absolute Gasteiger partial charge is 0.391 e. The molecule has 0 aliphatic heterocycles. The monoisotopic (exact) mass is 145 g/mol. The van der Waals surface area contributed by atoms with Crippen molar-refractivity contribution in [1.82, 2.24) is 5.32 Å². The third-order valence-electron chi connectivity index (χ3n) is 1.00. The fraction of sp³-hybridized carbons (Fsp3) is 0.600. The second kappa shape index (κ2) is 3.84. The van der Waals surface area contributed by atoms with Gasteiger partial charge in [0, 0.05) is 0 Å². The van der Waals surface area contributed by atoms with Crippen molar-refractivity contribution >= 4 is 12.3 Å². The zero-order valence-corrected chi connectivity index (χ0v) is 5.50. The van der Waals surface area contributed by atoms with E-state index in [2.05, 4.69) is 0 Å². The molecule has 0 aromatic rings. The lowest BCUT2D eigenvalue weighted by Gasteiger charge is -2.13. The van der Waals surface area contributed by atoms with Crippen molar-refractivity contribution in [2.75, 3.05) is 0 Å². The van der Waals surface area contributed by atoms with E-state index in [1.165, 1.54) is 13.3 Å². The standard InChI is InChI=1S/C5H9N2O3/c1-3(9)4(5(6)10)7-2-8/h3-4,9H,1H3,(H2,6,10)(H,7,8)/t3-,4+/m1/s1. The first-order valence-corrected chi connectivity index (χ1v) is 2.69. The second-order valence-electron chi connectivity index (χ2n) is 1.87. The first-order valence-electron chi connectivity index (χ1n) is 2.69. The minimum Gasteiger partial charge on any atom is -0.391 e. The maximum Gasteiger partial charge on any atom is 0.310 e. The van der Waals surface area contributed by atoms with E-state index in [9.17, 15) is 9.59 Å². The molecular formula is C5H9N2O3. The predicted molar refractivity (Wildman–Crippen MR) is 33.5 cm³/mol. The Morgan fingerprint density at radius 2 is 2.30 bits per heavy atom. The highest BCUT2D eigenvalue weighted by Gasteiger charge is 2.19. The Morgan fingerprint density at radius 1 is 1.80 bits per heavy atom. The Hall–Kier alpha value is -1.10. The van der Waals surface area contributed by atoms with Crippen molar-refractivity contribution in [3.8, 4) is 0 Å². The number of aliphatic hydroxyl groups excluding tert-OH is 1. The Labute approximate surface area is 58.2 Å². The molecule has 5 nitrogen and oxygen atoms in total. The molecule has 0 saturated heterocycles. The van der Waals surface area contributed by atoms with Gasteiger partial charge in [-0.2, -0.15) is 0 Å². The summed E-state index contributed by atoms with van der Waals surface area (Å²) in [6.07, 6.45) is 0.283. The highest BCUT2D eigenvalue weighted by atomic mass is 16.3. The van der Waals surface area contributed by atoms with Crippen molar-refractivity contribution in [1.29, 1.82) is 0 Å². The van der Waals surface area contributed by atoms with Crippen molar-refractivity contribution < 1.29 is 14.7 Å². The molecule has 4 N–H and O–H groups in total. The summed E-state index contributed by atoms with van der Waals surface area (Å²) in [6.45, 7) is 1.35. The van der Waals surface area contributed by atoms with Gasteiger partial charge in [0.25, 0.3) is 0 Å². The molecule has 0 aliphatic carbocycles. The van der Waals surface area contributed by atoms with E-state index in [1.807, 2.05) is 5.32 Å². The molecule has 0 spiro atoms. The number of hydrogen-bond acceptors (Lipinski definition) is 3. The van der Waals surface area contributed by atoms with E-state index in [4.69, 9.17) is 10.8 Å². The number of primary amides is 1. The maximum absolute atomic E-state index is 10.4. The lowest BCUT2D eigenvalue weighted by Crippen LogP contribution is -2.47. The Balaban J connectivity index is 3.97. The lowest BCUT2D eigenvalue weighted by molar-refractivity contribution is -0.121. The van der Waals surface area contributed by atoms with Gasteiger partial charge in [-0.3, -0.25) is 9.59 Å². The first kappa shape index (κ1) is 8.90. The van der Waals surface area contributed by atoms with Gasteiger partial charge in [0.05, 0.1) is 6.10 Å². The average molecular weight is 145 g/mol. The molecule has 0 fully saturated rings. The minimum absolute atomic E-state index is 0.779. The van der Waals surface area contributed by atoms with Crippen LogP contribution in [0.1, 0.15) is 6.92 Å². The summed E-state index contributed by atoms with van der Waals surface area (Å²) in [5.74, 6) is -0.779. The lowest BCUT2D eigenvalue weighted by atomic mass is 10.2. The molecule has 0 saturated carbocycles. The number of rotatable bonds is 4. The van der Waals surface area contributed by atoms with Gasteiger partial charge < -0.3 is 16.2 Å². The van der Waals surface area contributed by atoms with Gasteiger partial charge in [-0.1, -0.05) is 0 Å². The highest BCUT2D eigenvalue weighted by Crippen LogP contribution is 1.88. The molecule has 0 aromatic heterocycles. The Bertz CT molecular complexity index is 135. The van der Waals surface area contributed by atoms with Gasteiger partial charge in [-0.15, -0.1) is 0 Å². The molecule has 57 valence electrons. The first-order chi connectivity index (χ1) is 4.59. The number of nitrogens with two attached hydrogens (primary N) is 1. The van der Waals surface area contributed by atoms with E-state index in [-0.39, 0.29) is 0 Å². The third-order valence-corrected chi connectivity index (χ3v) is 1.00. The summed E-state index contributed by atoms with van der Waals surface area (Å²) in [4.78, 5) is 20.0. The van der Waals surface area contributed by atoms with E-state index >= 15 is 0 Å². The number of carbonyl (C=O) groups excluding carboxylic acids is 2. The van der Waals surface area contributed by atoms with Gasteiger partial charge in [0.1, 0.15) is 6.04 Å². The van der Waals surface area contributed by atoms with Crippen LogP contribution in [0.3, 0.4) is 0 Å². The molecule has 2 amide bonds. The number of nitrogens with one attached hydrogen (secondary N) is 1. The number of aliphatic hydroxyl groups is 1. The van der Waals surface area contributed by atoms with Crippen molar-refractivity contribution in [2.45, 2.75) is 19.1 Å². The van der Waals surface area contributed by atoms with Crippen LogP contribution in [0.15, 0.2) is 0 Å². The summed E-state index contributed by atoms with van der Waals surface area (Å²) in [5, 5.41) is 10.7. The Morgan fingerprint density at radius 3 is 2.40 bits per heavy atom. The molecule has 0 bridgehead atoms. The second-order valence-corrected chi connectivity index (χ2v) is 1.87. The molecule has 0 heterocycles. The van der Waals surface area contributed by atoms with Gasteiger partial charge in [0.2, 0.25) is 5.91 Å². The van der Waals surface area contributed by atoms with Crippen molar-refractivity contribution in [3.05, 3.63) is 0 Å². The zero-order valence-electron chi connectivity index (χ0n) is 5.50. The molecule has 10 heavy (non-hydrogen) atoms. The van der Waals surface area contributed by atoms with Crippen LogP contribution in [0.5, 0.6) is 0 Å². The summed E-state index contributed by atoms with van der Waals surface area (Å²) in [7, 11) is 0. The molecule has 0 aliphatic rings. The number of hydrogen-bond donors (Lipinski definition) is 3. The minimum atomic E-state index is -1.04. The van der Waals surface area contributed by atoms with E-state index in [0.29, 0.717) is 0 Å². The van der Waals surface area contributed by atoms with Crippen LogP contribution in [-0.4, -0.2) is 29.6 Å². The number of carbonyl (C=O) groups is 1. The summed E-state index contributed by atoms with van der Waals surface area (Å²) in [5.41, 5.74) is 4.78. The van der Waals surface area contributed by atoms with E-state index in [0.717, 1.165) is 0 Å². The maximum atomic E-state index is 10.4. The van der Waals surface area contributed by atoms with Gasteiger partial charge in [-0.25, -0.2) is 0 Å². The molecule has 0 rings (SSSR count). The predicted octanol–water partition coefficient (Wildman–Crippen LogP) is -2.12. The topological polar surface area (TPSA) is 92.4 Å². The van der Waals surface area contributed by atoms with Crippen LogP contribution in [-0.2, 0) is 9.59 Å². The third kappa shape index (κ3) is 2.45. The summed E-state index contributed by atoms with van der Waals surface area (Å²) < 4.78 is 0. The summed E-state index contributed by atoms with van der Waals surface area (Å²) >= 11 is 0. The SMILES string of the molecule is C[C@@H](O)[C@H](N[C]=O)C(N)=O. The highest BCUT2D eigenvalue weighted by molar-refractivity contribution is 5.82. The molecule has 1 radical (unpaired) electrons. The Kier molecular flexibility index (Phi) is 3.42. The smallest absolute Gasteiger partial charge is 0.310 e. The van der Waals surface area contributed by atoms with Gasteiger partial charge in [0.15, 0.2) is 0 Å². The van der Waals surface area contributed by atoms with Crippen molar-refractivity contribution in [2.24, 2.45) is 5.73 Å². The normalized spacial score (nSPS) is 15.4. The van der Waals surface area contributed by atoms with Gasteiger partial charge >= 0.3 is 6.41 Å². The van der Waals surface area contributed by atoms with Crippen LogP contribution in [0.25, 0.3) is 0 Å². The fourth-order valence-corrected chi connectivity index (χ4v) is 0.493. The van der Waals surface area contributed by atoms with Crippen LogP contribution < -0.4 is 11.1 Å². The molecule has 2 atom stereocenters. The molecular weight excluding hydrogens is 136 g/mol. The quantitative estimate of drug-likeness (QED) is 0.395. The van der Waals surface area contributed by atoms with Crippen LogP contribution in [0.2, 0.25) is 0 Å². The van der Waals surface area contributed by atoms with Crippen LogP contribution in [0.4, 0.5) is 0 Å². The van der Waals surface area contributed by atoms with Gasteiger partial charge in [-0.05, 0) is 6.92 Å².